The lowest BCUT2D eigenvalue weighted by molar-refractivity contribution is -0.140. The largest absolute Gasteiger partial charge is 0.352 e. The molecule has 1 aliphatic carbocycles. The van der Waals surface area contributed by atoms with Crippen molar-refractivity contribution in [2.24, 2.45) is 0 Å². The minimum atomic E-state index is -4.28. The summed E-state index contributed by atoms with van der Waals surface area (Å²) in [7, 11) is -4.28. The Hall–Kier alpha value is -3.56. The van der Waals surface area contributed by atoms with Crippen LogP contribution in [0.3, 0.4) is 0 Å². The molecule has 0 aliphatic heterocycles. The van der Waals surface area contributed by atoms with E-state index in [1.165, 1.54) is 17.0 Å². The molecule has 5 rings (SSSR count). The zero-order chi connectivity index (χ0) is 35.1. The van der Waals surface area contributed by atoms with Crippen LogP contribution in [-0.2, 0) is 32.6 Å². The van der Waals surface area contributed by atoms with Crippen molar-refractivity contribution in [2.75, 3.05) is 10.8 Å². The fourth-order valence-corrected chi connectivity index (χ4v) is 8.33. The van der Waals surface area contributed by atoms with Gasteiger partial charge in [-0.2, -0.15) is 0 Å². The van der Waals surface area contributed by atoms with Gasteiger partial charge in [-0.3, -0.25) is 13.9 Å². The quantitative estimate of drug-likeness (QED) is 0.158. The summed E-state index contributed by atoms with van der Waals surface area (Å²) in [5.74, 6) is -0.926. The molecular formula is C38H40Cl3N3O4S. The number of rotatable bonds is 12. The van der Waals surface area contributed by atoms with Crippen molar-refractivity contribution in [3.8, 4) is 0 Å². The Morgan fingerprint density at radius 2 is 1.41 bits per heavy atom. The zero-order valence-corrected chi connectivity index (χ0v) is 30.6. The van der Waals surface area contributed by atoms with Crippen LogP contribution in [0.5, 0.6) is 0 Å². The van der Waals surface area contributed by atoms with E-state index >= 15 is 0 Å². The molecule has 1 fully saturated rings. The van der Waals surface area contributed by atoms with Gasteiger partial charge in [0, 0.05) is 39.6 Å². The standard InChI is InChI=1S/C38H40Cl3N3O4S/c1-26-19-21-30(22-20-26)49(47,48)44(35-18-10-15-32(39)27(35)2)25-37(45)43(24-31-33(40)16-9-17-34(31)41)36(23-28-11-5-3-6-12-28)38(46)42-29-13-7-4-8-14-29/h3,5-6,9-12,15-22,29,36H,4,7-8,13-14,23-25H2,1-2H3,(H,42,46). The topological polar surface area (TPSA) is 86.8 Å². The maximum Gasteiger partial charge on any atom is 0.264 e. The molecule has 4 aromatic carbocycles. The van der Waals surface area contributed by atoms with Gasteiger partial charge in [0.15, 0.2) is 0 Å². The molecule has 1 atom stereocenters. The average molecular weight is 741 g/mol. The normalized spacial score (nSPS) is 14.2. The molecule has 1 saturated carbocycles. The fraction of sp³-hybridized carbons (Fsp3) is 0.316. The molecule has 0 spiro atoms. The van der Waals surface area contributed by atoms with Crippen molar-refractivity contribution in [3.63, 3.8) is 0 Å². The third-order valence-electron chi connectivity index (χ3n) is 9.01. The van der Waals surface area contributed by atoms with Gasteiger partial charge < -0.3 is 10.2 Å². The van der Waals surface area contributed by atoms with Crippen LogP contribution >= 0.6 is 34.8 Å². The number of carbonyl (C=O) groups is 2. The van der Waals surface area contributed by atoms with Gasteiger partial charge in [-0.05, 0) is 74.2 Å². The first kappa shape index (κ1) is 36.7. The number of aryl methyl sites for hydroxylation is 1. The van der Waals surface area contributed by atoms with Crippen molar-refractivity contribution < 1.29 is 18.0 Å². The van der Waals surface area contributed by atoms with E-state index in [2.05, 4.69) is 5.32 Å². The highest BCUT2D eigenvalue weighted by Crippen LogP contribution is 2.33. The summed E-state index contributed by atoms with van der Waals surface area (Å²) in [4.78, 5) is 30.6. The van der Waals surface area contributed by atoms with Gasteiger partial charge in [-0.25, -0.2) is 8.42 Å². The first-order valence-corrected chi connectivity index (χ1v) is 18.9. The Morgan fingerprint density at radius 1 is 0.796 bits per heavy atom. The summed E-state index contributed by atoms with van der Waals surface area (Å²) in [6.07, 6.45) is 5.03. The molecule has 0 saturated heterocycles. The molecule has 11 heteroatoms. The second-order valence-electron chi connectivity index (χ2n) is 12.5. The lowest BCUT2D eigenvalue weighted by Crippen LogP contribution is -2.55. The van der Waals surface area contributed by atoms with Crippen LogP contribution in [0.2, 0.25) is 15.1 Å². The molecule has 0 heterocycles. The highest BCUT2D eigenvalue weighted by atomic mass is 35.5. The third kappa shape index (κ3) is 8.97. The molecule has 1 unspecified atom stereocenters. The monoisotopic (exact) mass is 739 g/mol. The number of hydrogen-bond donors (Lipinski definition) is 1. The van der Waals surface area contributed by atoms with E-state index in [1.807, 2.05) is 37.3 Å². The van der Waals surface area contributed by atoms with E-state index in [9.17, 15) is 18.0 Å². The number of amides is 2. The SMILES string of the molecule is Cc1ccc(S(=O)(=O)N(CC(=O)N(Cc2c(Cl)cccc2Cl)C(Cc2ccccc2)C(=O)NC2CCCCC2)c2cccc(Cl)c2C)cc1. The minimum absolute atomic E-state index is 0.0156. The number of benzene rings is 4. The summed E-state index contributed by atoms with van der Waals surface area (Å²) in [5, 5.41) is 4.20. The van der Waals surface area contributed by atoms with Gasteiger partial charge in [-0.1, -0.05) is 114 Å². The predicted molar refractivity (Wildman–Crippen MR) is 198 cm³/mol. The molecule has 4 aromatic rings. The van der Waals surface area contributed by atoms with Crippen LogP contribution in [0.15, 0.2) is 95.9 Å². The number of nitrogens with zero attached hydrogens (tertiary/aromatic N) is 2. The number of carbonyl (C=O) groups excluding carboxylic acids is 2. The van der Waals surface area contributed by atoms with Crippen molar-refractivity contribution in [1.29, 1.82) is 0 Å². The molecule has 7 nitrogen and oxygen atoms in total. The molecule has 2 amide bonds. The number of halogens is 3. The molecule has 1 N–H and O–H groups in total. The Bertz CT molecular complexity index is 1860. The Morgan fingerprint density at radius 3 is 2.06 bits per heavy atom. The maximum atomic E-state index is 14.8. The zero-order valence-electron chi connectivity index (χ0n) is 27.5. The molecular weight excluding hydrogens is 701 g/mol. The predicted octanol–water partition coefficient (Wildman–Crippen LogP) is 8.55. The third-order valence-corrected chi connectivity index (χ3v) is 11.9. The minimum Gasteiger partial charge on any atom is -0.352 e. The fourth-order valence-electron chi connectivity index (χ4n) is 6.17. The van der Waals surface area contributed by atoms with Gasteiger partial charge in [-0.15, -0.1) is 0 Å². The van der Waals surface area contributed by atoms with Gasteiger partial charge in [0.1, 0.15) is 12.6 Å². The highest BCUT2D eigenvalue weighted by Gasteiger charge is 2.36. The van der Waals surface area contributed by atoms with E-state index in [1.54, 1.807) is 55.5 Å². The summed E-state index contributed by atoms with van der Waals surface area (Å²) in [5.41, 5.74) is 2.92. The van der Waals surface area contributed by atoms with Crippen molar-refractivity contribution in [2.45, 2.75) is 75.9 Å². The second-order valence-corrected chi connectivity index (χ2v) is 15.6. The first-order valence-electron chi connectivity index (χ1n) is 16.4. The van der Waals surface area contributed by atoms with Crippen molar-refractivity contribution >= 4 is 62.3 Å². The Balaban J connectivity index is 1.61. The van der Waals surface area contributed by atoms with E-state index in [0.29, 0.717) is 26.2 Å². The van der Waals surface area contributed by atoms with Crippen LogP contribution in [0.1, 0.15) is 54.4 Å². The Kier molecular flexibility index (Phi) is 12.3. The number of hydrogen-bond acceptors (Lipinski definition) is 4. The van der Waals surface area contributed by atoms with Crippen molar-refractivity contribution in [3.05, 3.63) is 128 Å². The van der Waals surface area contributed by atoms with Crippen LogP contribution < -0.4 is 9.62 Å². The molecule has 0 aromatic heterocycles. The molecule has 1 aliphatic rings. The van der Waals surface area contributed by atoms with Gasteiger partial charge >= 0.3 is 0 Å². The van der Waals surface area contributed by atoms with Gasteiger partial charge in [0.2, 0.25) is 11.8 Å². The molecule has 258 valence electrons. The van der Waals surface area contributed by atoms with Crippen LogP contribution in [0.25, 0.3) is 0 Å². The summed E-state index contributed by atoms with van der Waals surface area (Å²) >= 11 is 19.8. The van der Waals surface area contributed by atoms with E-state index in [4.69, 9.17) is 34.8 Å². The summed E-state index contributed by atoms with van der Waals surface area (Å²) in [6, 6.07) is 24.8. The van der Waals surface area contributed by atoms with Crippen molar-refractivity contribution in [1.82, 2.24) is 10.2 Å². The molecule has 0 bridgehead atoms. The number of anilines is 1. The first-order chi connectivity index (χ1) is 23.5. The lowest BCUT2D eigenvalue weighted by Gasteiger charge is -2.35. The maximum absolute atomic E-state index is 14.8. The lowest BCUT2D eigenvalue weighted by atomic mass is 9.94. The van der Waals surface area contributed by atoms with Gasteiger partial charge in [0.05, 0.1) is 10.6 Å². The van der Waals surface area contributed by atoms with E-state index in [0.717, 1.165) is 47.5 Å². The van der Waals surface area contributed by atoms with Crippen LogP contribution in [0.4, 0.5) is 5.69 Å². The second kappa shape index (κ2) is 16.4. The molecule has 49 heavy (non-hydrogen) atoms. The number of nitrogens with one attached hydrogen (secondary N) is 1. The average Bonchev–Trinajstić information content (AvgIpc) is 3.08. The smallest absolute Gasteiger partial charge is 0.264 e. The highest BCUT2D eigenvalue weighted by molar-refractivity contribution is 7.92. The van der Waals surface area contributed by atoms with Crippen LogP contribution in [0, 0.1) is 13.8 Å². The van der Waals surface area contributed by atoms with Crippen LogP contribution in [-0.4, -0.2) is 43.8 Å². The molecule has 0 radical (unpaired) electrons. The number of sulfonamides is 1. The Labute approximate surface area is 304 Å². The summed E-state index contributed by atoms with van der Waals surface area (Å²) < 4.78 is 29.8. The van der Waals surface area contributed by atoms with Gasteiger partial charge in [0.25, 0.3) is 10.0 Å². The van der Waals surface area contributed by atoms with E-state index < -0.39 is 28.5 Å². The van der Waals surface area contributed by atoms with E-state index in [-0.39, 0.29) is 35.5 Å². The summed E-state index contributed by atoms with van der Waals surface area (Å²) in [6.45, 7) is 2.83.